The summed E-state index contributed by atoms with van der Waals surface area (Å²) in [7, 11) is -2.28. The van der Waals surface area contributed by atoms with Crippen molar-refractivity contribution in [2.45, 2.75) is 24.4 Å². The molecule has 2 aromatic carbocycles. The number of hydrogen-bond donors (Lipinski definition) is 2. The monoisotopic (exact) mass is 348 g/mol. The van der Waals surface area contributed by atoms with Crippen molar-refractivity contribution in [2.24, 2.45) is 0 Å². The minimum absolute atomic E-state index is 0.0750. The molecule has 0 saturated heterocycles. The van der Waals surface area contributed by atoms with Gasteiger partial charge in [0.2, 0.25) is 15.9 Å². The van der Waals surface area contributed by atoms with E-state index in [0.717, 1.165) is 5.56 Å². The molecule has 24 heavy (non-hydrogen) atoms. The molecular formula is C17H20N2O4S. The average Bonchev–Trinajstić information content (AvgIpc) is 2.60. The number of amides is 1. The van der Waals surface area contributed by atoms with E-state index >= 15 is 0 Å². The van der Waals surface area contributed by atoms with Crippen LogP contribution < -0.4 is 14.8 Å². The van der Waals surface area contributed by atoms with Crippen LogP contribution >= 0.6 is 0 Å². The Morgan fingerprint density at radius 3 is 2.29 bits per heavy atom. The minimum atomic E-state index is -3.78. The Hall–Kier alpha value is -2.38. The highest BCUT2D eigenvalue weighted by Crippen LogP contribution is 2.15. The van der Waals surface area contributed by atoms with Gasteiger partial charge in [0.15, 0.2) is 0 Å². The number of nitrogens with one attached hydrogen (secondary N) is 2. The van der Waals surface area contributed by atoms with E-state index in [2.05, 4.69) is 10.0 Å². The molecule has 0 aliphatic rings. The molecular weight excluding hydrogens is 328 g/mol. The zero-order valence-electron chi connectivity index (χ0n) is 13.5. The Balaban J connectivity index is 1.96. The van der Waals surface area contributed by atoms with Gasteiger partial charge in [0.05, 0.1) is 18.0 Å². The van der Waals surface area contributed by atoms with Crippen molar-refractivity contribution in [3.63, 3.8) is 0 Å². The van der Waals surface area contributed by atoms with Gasteiger partial charge in [-0.1, -0.05) is 30.3 Å². The number of hydrogen-bond acceptors (Lipinski definition) is 4. The Morgan fingerprint density at radius 2 is 1.71 bits per heavy atom. The fourth-order valence-corrected chi connectivity index (χ4v) is 3.25. The molecule has 0 spiro atoms. The van der Waals surface area contributed by atoms with Gasteiger partial charge in [0.25, 0.3) is 0 Å². The fraction of sp³-hybridized carbons (Fsp3) is 0.235. The number of benzene rings is 2. The normalized spacial score (nSPS) is 12.4. The number of carbonyl (C=O) groups is 1. The number of methoxy groups -OCH3 is 1. The third kappa shape index (κ3) is 4.81. The Morgan fingerprint density at radius 1 is 1.08 bits per heavy atom. The Kier molecular flexibility index (Phi) is 5.94. The van der Waals surface area contributed by atoms with E-state index in [-0.39, 0.29) is 4.90 Å². The van der Waals surface area contributed by atoms with Crippen LogP contribution in [0.5, 0.6) is 5.75 Å². The minimum Gasteiger partial charge on any atom is -0.497 e. The summed E-state index contributed by atoms with van der Waals surface area (Å²) >= 11 is 0. The maximum Gasteiger partial charge on any atom is 0.241 e. The maximum atomic E-state index is 12.3. The SMILES string of the molecule is COc1ccc(S(=O)(=O)N[C@@H](C)C(=O)NCc2ccccc2)cc1. The first-order valence-corrected chi connectivity index (χ1v) is 8.89. The standard InChI is InChI=1S/C17H20N2O4S/c1-13(17(20)18-12-14-6-4-3-5-7-14)19-24(21,22)16-10-8-15(23-2)9-11-16/h3-11,13,19H,12H2,1-2H3,(H,18,20)/t13-/m0/s1. The van der Waals surface area contributed by atoms with E-state index in [1.165, 1.54) is 26.2 Å². The van der Waals surface area contributed by atoms with Crippen LogP contribution in [0.2, 0.25) is 0 Å². The van der Waals surface area contributed by atoms with E-state index < -0.39 is 22.0 Å². The molecule has 0 radical (unpaired) electrons. The number of sulfonamides is 1. The molecule has 0 bridgehead atoms. The lowest BCUT2D eigenvalue weighted by atomic mass is 10.2. The van der Waals surface area contributed by atoms with Crippen molar-refractivity contribution in [3.8, 4) is 5.75 Å². The predicted octanol–water partition coefficient (Wildman–Crippen LogP) is 1.68. The van der Waals surface area contributed by atoms with Gasteiger partial charge in [-0.25, -0.2) is 8.42 Å². The summed E-state index contributed by atoms with van der Waals surface area (Å²) in [6, 6.07) is 14.5. The summed E-state index contributed by atoms with van der Waals surface area (Å²) in [5.41, 5.74) is 0.941. The fourth-order valence-electron chi connectivity index (χ4n) is 2.05. The van der Waals surface area contributed by atoms with E-state index in [4.69, 9.17) is 4.74 Å². The molecule has 0 fully saturated rings. The summed E-state index contributed by atoms with van der Waals surface area (Å²) < 4.78 is 31.9. The van der Waals surface area contributed by atoms with Crippen molar-refractivity contribution in [2.75, 3.05) is 7.11 Å². The van der Waals surface area contributed by atoms with Crippen LogP contribution in [-0.4, -0.2) is 27.5 Å². The summed E-state index contributed by atoms with van der Waals surface area (Å²) in [5, 5.41) is 2.71. The topological polar surface area (TPSA) is 84.5 Å². The summed E-state index contributed by atoms with van der Waals surface area (Å²) in [6.45, 7) is 1.84. The first kappa shape index (κ1) is 18.0. The molecule has 0 unspecified atom stereocenters. The van der Waals surface area contributed by atoms with Crippen molar-refractivity contribution in [3.05, 3.63) is 60.2 Å². The highest BCUT2D eigenvalue weighted by atomic mass is 32.2. The molecule has 0 heterocycles. The molecule has 2 aromatic rings. The molecule has 0 aliphatic carbocycles. The molecule has 0 aliphatic heterocycles. The van der Waals surface area contributed by atoms with Crippen LogP contribution in [-0.2, 0) is 21.4 Å². The van der Waals surface area contributed by atoms with Crippen LogP contribution in [0, 0.1) is 0 Å². The lowest BCUT2D eigenvalue weighted by Crippen LogP contribution is -2.44. The number of ether oxygens (including phenoxy) is 1. The van der Waals surface area contributed by atoms with E-state index in [9.17, 15) is 13.2 Å². The van der Waals surface area contributed by atoms with Gasteiger partial charge in [-0.2, -0.15) is 4.72 Å². The molecule has 1 atom stereocenters. The van der Waals surface area contributed by atoms with Crippen LogP contribution in [0.15, 0.2) is 59.5 Å². The molecule has 2 N–H and O–H groups in total. The van der Waals surface area contributed by atoms with Crippen molar-refractivity contribution in [1.82, 2.24) is 10.0 Å². The number of carbonyl (C=O) groups excluding carboxylic acids is 1. The van der Waals surface area contributed by atoms with Crippen LogP contribution in [0.1, 0.15) is 12.5 Å². The van der Waals surface area contributed by atoms with Crippen LogP contribution in [0.3, 0.4) is 0 Å². The smallest absolute Gasteiger partial charge is 0.241 e. The molecule has 0 saturated carbocycles. The Labute approximate surface area is 141 Å². The van der Waals surface area contributed by atoms with Gasteiger partial charge >= 0.3 is 0 Å². The molecule has 7 heteroatoms. The zero-order valence-corrected chi connectivity index (χ0v) is 14.3. The third-order valence-corrected chi connectivity index (χ3v) is 4.96. The predicted molar refractivity (Wildman–Crippen MR) is 91.1 cm³/mol. The van der Waals surface area contributed by atoms with E-state index in [1.807, 2.05) is 30.3 Å². The second-order valence-electron chi connectivity index (χ2n) is 5.22. The van der Waals surface area contributed by atoms with Crippen LogP contribution in [0.25, 0.3) is 0 Å². The summed E-state index contributed by atoms with van der Waals surface area (Å²) in [6.07, 6.45) is 0. The molecule has 1 amide bonds. The van der Waals surface area contributed by atoms with Gasteiger partial charge in [0, 0.05) is 6.54 Å². The van der Waals surface area contributed by atoms with Crippen LogP contribution in [0.4, 0.5) is 0 Å². The van der Waals surface area contributed by atoms with Gasteiger partial charge in [-0.15, -0.1) is 0 Å². The van der Waals surface area contributed by atoms with Gasteiger partial charge in [0.1, 0.15) is 5.75 Å². The molecule has 2 rings (SSSR count). The zero-order chi connectivity index (χ0) is 17.6. The van der Waals surface area contributed by atoms with Gasteiger partial charge in [-0.05, 0) is 36.8 Å². The second kappa shape index (κ2) is 7.94. The Bertz CT molecular complexity index is 774. The van der Waals surface area contributed by atoms with E-state index in [1.54, 1.807) is 12.1 Å². The largest absolute Gasteiger partial charge is 0.497 e. The molecule has 128 valence electrons. The lowest BCUT2D eigenvalue weighted by Gasteiger charge is -2.14. The lowest BCUT2D eigenvalue weighted by molar-refractivity contribution is -0.122. The second-order valence-corrected chi connectivity index (χ2v) is 6.94. The number of rotatable bonds is 7. The summed E-state index contributed by atoms with van der Waals surface area (Å²) in [4.78, 5) is 12.1. The first-order chi connectivity index (χ1) is 11.4. The van der Waals surface area contributed by atoms with Crippen molar-refractivity contribution >= 4 is 15.9 Å². The molecule has 6 nitrogen and oxygen atoms in total. The van der Waals surface area contributed by atoms with E-state index in [0.29, 0.717) is 12.3 Å². The highest BCUT2D eigenvalue weighted by Gasteiger charge is 2.21. The average molecular weight is 348 g/mol. The van der Waals surface area contributed by atoms with Crippen molar-refractivity contribution in [1.29, 1.82) is 0 Å². The van der Waals surface area contributed by atoms with Gasteiger partial charge < -0.3 is 10.1 Å². The first-order valence-electron chi connectivity index (χ1n) is 7.40. The van der Waals surface area contributed by atoms with Crippen molar-refractivity contribution < 1.29 is 17.9 Å². The third-order valence-electron chi connectivity index (χ3n) is 3.40. The van der Waals surface area contributed by atoms with Gasteiger partial charge in [-0.3, -0.25) is 4.79 Å². The summed E-state index contributed by atoms with van der Waals surface area (Å²) in [5.74, 6) is 0.165. The highest BCUT2D eigenvalue weighted by molar-refractivity contribution is 7.89. The quantitative estimate of drug-likeness (QED) is 0.797. The maximum absolute atomic E-state index is 12.3. The molecule has 0 aromatic heterocycles.